The molecule has 1 aliphatic heterocycles. The van der Waals surface area contributed by atoms with Crippen molar-refractivity contribution in [3.63, 3.8) is 0 Å². The number of thioether (sulfide) groups is 1. The lowest BCUT2D eigenvalue weighted by Crippen LogP contribution is -2.30. The van der Waals surface area contributed by atoms with Crippen molar-refractivity contribution in [3.05, 3.63) is 11.7 Å². The highest BCUT2D eigenvalue weighted by Gasteiger charge is 2.44. The molecule has 1 aromatic heterocycles. The molecule has 5 heteroatoms. The molecule has 0 radical (unpaired) electrons. The maximum absolute atomic E-state index is 5.33. The molecular weight excluding hydrogens is 210 g/mol. The van der Waals surface area contributed by atoms with Crippen LogP contribution in [0.15, 0.2) is 4.52 Å². The Morgan fingerprint density at radius 2 is 2.40 bits per heavy atom. The number of nitrogens with zero attached hydrogens (tertiary/aromatic N) is 2. The van der Waals surface area contributed by atoms with E-state index in [2.05, 4.69) is 22.4 Å². The minimum Gasteiger partial charge on any atom is -0.338 e. The van der Waals surface area contributed by atoms with E-state index in [1.54, 1.807) is 0 Å². The fourth-order valence-electron chi connectivity index (χ4n) is 1.76. The summed E-state index contributed by atoms with van der Waals surface area (Å²) in [4.78, 5) is 4.51. The van der Waals surface area contributed by atoms with Crippen molar-refractivity contribution in [2.75, 3.05) is 18.1 Å². The highest BCUT2D eigenvalue weighted by Crippen LogP contribution is 2.46. The van der Waals surface area contributed by atoms with Gasteiger partial charge in [-0.1, -0.05) is 12.1 Å². The van der Waals surface area contributed by atoms with Crippen LogP contribution < -0.4 is 5.32 Å². The molecule has 2 heterocycles. The van der Waals surface area contributed by atoms with Crippen molar-refractivity contribution in [1.29, 1.82) is 0 Å². The van der Waals surface area contributed by atoms with Crippen molar-refractivity contribution >= 4 is 11.8 Å². The average molecular weight is 225 g/mol. The van der Waals surface area contributed by atoms with Crippen molar-refractivity contribution in [2.24, 2.45) is 0 Å². The van der Waals surface area contributed by atoms with E-state index in [1.165, 1.54) is 18.6 Å². The molecule has 1 saturated heterocycles. The summed E-state index contributed by atoms with van der Waals surface area (Å²) < 4.78 is 5.33. The quantitative estimate of drug-likeness (QED) is 0.826. The third-order valence-electron chi connectivity index (χ3n) is 3.20. The van der Waals surface area contributed by atoms with Crippen LogP contribution in [0.2, 0.25) is 0 Å². The number of rotatable bonds is 2. The second-order valence-electron chi connectivity index (χ2n) is 4.60. The van der Waals surface area contributed by atoms with Crippen LogP contribution in [0.3, 0.4) is 0 Å². The molecule has 1 atom stereocenters. The van der Waals surface area contributed by atoms with E-state index < -0.39 is 0 Å². The Hall–Kier alpha value is -0.550. The summed E-state index contributed by atoms with van der Waals surface area (Å²) in [6.45, 7) is 3.23. The van der Waals surface area contributed by atoms with Gasteiger partial charge in [0.25, 0.3) is 0 Å². The zero-order valence-corrected chi connectivity index (χ0v) is 9.64. The van der Waals surface area contributed by atoms with E-state index in [9.17, 15) is 0 Å². The summed E-state index contributed by atoms with van der Waals surface area (Å²) >= 11 is 1.94. The molecule has 1 aromatic rings. The first-order valence-corrected chi connectivity index (χ1v) is 6.59. The van der Waals surface area contributed by atoms with Crippen LogP contribution in [0, 0.1) is 0 Å². The van der Waals surface area contributed by atoms with Crippen LogP contribution in [-0.2, 0) is 5.41 Å². The predicted octanol–water partition coefficient (Wildman–Crippen LogP) is 1.50. The molecular formula is C10H15N3OS. The first-order chi connectivity index (χ1) is 7.28. The van der Waals surface area contributed by atoms with Gasteiger partial charge in [-0.05, 0) is 12.8 Å². The molecule has 1 saturated carbocycles. The maximum Gasteiger partial charge on any atom is 0.244 e. The molecule has 15 heavy (non-hydrogen) atoms. The van der Waals surface area contributed by atoms with Gasteiger partial charge in [0.2, 0.25) is 5.89 Å². The van der Waals surface area contributed by atoms with E-state index >= 15 is 0 Å². The molecule has 0 bridgehead atoms. The highest BCUT2D eigenvalue weighted by molar-refractivity contribution is 7.99. The first-order valence-electron chi connectivity index (χ1n) is 5.43. The summed E-state index contributed by atoms with van der Waals surface area (Å²) in [6.07, 6.45) is 2.39. The topological polar surface area (TPSA) is 51.0 Å². The molecule has 1 unspecified atom stereocenters. The summed E-state index contributed by atoms with van der Waals surface area (Å²) in [7, 11) is 0. The third-order valence-corrected chi connectivity index (χ3v) is 4.26. The predicted molar refractivity (Wildman–Crippen MR) is 59.0 cm³/mol. The van der Waals surface area contributed by atoms with E-state index in [0.29, 0.717) is 0 Å². The smallest absolute Gasteiger partial charge is 0.244 e. The minimum atomic E-state index is 0.212. The van der Waals surface area contributed by atoms with Gasteiger partial charge in [-0.3, -0.25) is 0 Å². The Balaban J connectivity index is 1.77. The summed E-state index contributed by atoms with van der Waals surface area (Å²) in [5, 5.41) is 7.49. The largest absolute Gasteiger partial charge is 0.338 e. The number of hydrogen-bond donors (Lipinski definition) is 1. The Morgan fingerprint density at radius 3 is 3.07 bits per heavy atom. The summed E-state index contributed by atoms with van der Waals surface area (Å²) in [6, 6.07) is 0.257. The van der Waals surface area contributed by atoms with Gasteiger partial charge in [0.15, 0.2) is 5.82 Å². The second-order valence-corrected chi connectivity index (χ2v) is 5.75. The molecule has 0 spiro atoms. The minimum absolute atomic E-state index is 0.212. The van der Waals surface area contributed by atoms with E-state index in [-0.39, 0.29) is 11.5 Å². The number of nitrogens with one attached hydrogen (secondary N) is 1. The Kier molecular flexibility index (Phi) is 2.25. The van der Waals surface area contributed by atoms with Crippen LogP contribution in [0.1, 0.15) is 37.5 Å². The van der Waals surface area contributed by atoms with Gasteiger partial charge in [0.1, 0.15) is 0 Å². The standard InChI is InChI=1S/C10H15N3OS/c1-10(2-3-10)9-12-8(14-13-9)7-6-15-5-4-11-7/h7,11H,2-6H2,1H3. The number of aromatic nitrogens is 2. The van der Waals surface area contributed by atoms with Gasteiger partial charge < -0.3 is 9.84 Å². The van der Waals surface area contributed by atoms with Crippen LogP contribution in [0.25, 0.3) is 0 Å². The van der Waals surface area contributed by atoms with Crippen molar-refractivity contribution < 1.29 is 4.52 Å². The van der Waals surface area contributed by atoms with E-state index in [1.807, 2.05) is 11.8 Å². The third kappa shape index (κ3) is 1.78. The Bertz CT molecular complexity index is 355. The lowest BCUT2D eigenvalue weighted by molar-refractivity contribution is 0.337. The molecule has 0 amide bonds. The summed E-state index contributed by atoms with van der Waals surface area (Å²) in [5.74, 6) is 3.88. The Morgan fingerprint density at radius 1 is 1.53 bits per heavy atom. The highest BCUT2D eigenvalue weighted by atomic mass is 32.2. The molecule has 3 rings (SSSR count). The van der Waals surface area contributed by atoms with Crippen LogP contribution in [-0.4, -0.2) is 28.2 Å². The summed E-state index contributed by atoms with van der Waals surface area (Å²) in [5.41, 5.74) is 0.212. The van der Waals surface area contributed by atoms with Gasteiger partial charge in [-0.2, -0.15) is 16.7 Å². The van der Waals surface area contributed by atoms with Crippen molar-refractivity contribution in [2.45, 2.75) is 31.2 Å². The van der Waals surface area contributed by atoms with Crippen LogP contribution >= 0.6 is 11.8 Å². The van der Waals surface area contributed by atoms with Gasteiger partial charge in [0, 0.05) is 23.5 Å². The molecule has 4 nitrogen and oxygen atoms in total. The average Bonchev–Trinajstić information content (AvgIpc) is 2.85. The van der Waals surface area contributed by atoms with Crippen LogP contribution in [0.4, 0.5) is 0 Å². The monoisotopic (exact) mass is 225 g/mol. The van der Waals surface area contributed by atoms with Gasteiger partial charge in [-0.25, -0.2) is 0 Å². The fourth-order valence-corrected chi connectivity index (χ4v) is 2.68. The zero-order chi connectivity index (χ0) is 10.3. The van der Waals surface area contributed by atoms with Gasteiger partial charge in [0.05, 0.1) is 6.04 Å². The lowest BCUT2D eigenvalue weighted by atomic mass is 10.1. The normalized spacial score (nSPS) is 29.0. The lowest BCUT2D eigenvalue weighted by Gasteiger charge is -2.19. The van der Waals surface area contributed by atoms with Crippen molar-refractivity contribution in [3.8, 4) is 0 Å². The molecule has 2 aliphatic rings. The van der Waals surface area contributed by atoms with Crippen molar-refractivity contribution in [1.82, 2.24) is 15.5 Å². The van der Waals surface area contributed by atoms with E-state index in [4.69, 9.17) is 4.52 Å². The zero-order valence-electron chi connectivity index (χ0n) is 8.82. The van der Waals surface area contributed by atoms with E-state index in [0.717, 1.165) is 24.0 Å². The Labute approximate surface area is 93.2 Å². The van der Waals surface area contributed by atoms with Crippen LogP contribution in [0.5, 0.6) is 0 Å². The first kappa shape index (κ1) is 9.66. The SMILES string of the molecule is CC1(c2noc(C3CSCCN3)n2)CC1. The molecule has 82 valence electrons. The second kappa shape index (κ2) is 3.49. The molecule has 1 aliphatic carbocycles. The fraction of sp³-hybridized carbons (Fsp3) is 0.800. The molecule has 0 aromatic carbocycles. The molecule has 1 N–H and O–H groups in total. The maximum atomic E-state index is 5.33. The van der Waals surface area contributed by atoms with Gasteiger partial charge in [-0.15, -0.1) is 0 Å². The molecule has 2 fully saturated rings. The van der Waals surface area contributed by atoms with Gasteiger partial charge >= 0.3 is 0 Å². The number of hydrogen-bond acceptors (Lipinski definition) is 5.